The highest BCUT2D eigenvalue weighted by atomic mass is 32.2. The summed E-state index contributed by atoms with van der Waals surface area (Å²) in [5.74, 6) is 0.690. The van der Waals surface area contributed by atoms with Gasteiger partial charge in [0, 0.05) is 17.8 Å². The van der Waals surface area contributed by atoms with Gasteiger partial charge in [-0.25, -0.2) is 0 Å². The molecule has 0 radical (unpaired) electrons. The molecule has 0 saturated carbocycles. The fourth-order valence-corrected chi connectivity index (χ4v) is 5.02. The fourth-order valence-electron chi connectivity index (χ4n) is 3.84. The molecule has 5 heteroatoms. The molecular formula is C22H24N2O2S. The molecular weight excluding hydrogens is 356 g/mol. The maximum absolute atomic E-state index is 12.6. The van der Waals surface area contributed by atoms with E-state index in [-0.39, 0.29) is 17.2 Å². The third-order valence-electron chi connectivity index (χ3n) is 5.18. The van der Waals surface area contributed by atoms with Crippen molar-refractivity contribution in [3.63, 3.8) is 0 Å². The largest absolute Gasteiger partial charge is 0.326 e. The van der Waals surface area contributed by atoms with Crippen molar-refractivity contribution in [1.29, 1.82) is 0 Å². The van der Waals surface area contributed by atoms with Gasteiger partial charge in [0.2, 0.25) is 11.8 Å². The minimum Gasteiger partial charge on any atom is -0.326 e. The number of fused-ring (bicyclic) bond motifs is 1. The third-order valence-corrected chi connectivity index (χ3v) is 6.40. The van der Waals surface area contributed by atoms with E-state index in [0.717, 1.165) is 36.2 Å². The smallest absolute Gasteiger partial charge is 0.238 e. The summed E-state index contributed by atoms with van der Waals surface area (Å²) in [5, 5.41) is 2.90. The number of anilines is 2. The first kappa shape index (κ1) is 18.1. The minimum atomic E-state index is -0.0163. The van der Waals surface area contributed by atoms with Crippen molar-refractivity contribution in [2.75, 3.05) is 16.0 Å². The Kier molecular flexibility index (Phi) is 5.21. The van der Waals surface area contributed by atoms with E-state index in [2.05, 4.69) is 23.5 Å². The molecule has 140 valence electrons. The highest BCUT2D eigenvalue weighted by Crippen LogP contribution is 2.42. The van der Waals surface area contributed by atoms with Gasteiger partial charge in [-0.3, -0.25) is 14.5 Å². The second-order valence-corrected chi connectivity index (χ2v) is 8.22. The van der Waals surface area contributed by atoms with Gasteiger partial charge in [-0.05, 0) is 66.6 Å². The Bertz CT molecular complexity index is 863. The molecule has 1 saturated heterocycles. The van der Waals surface area contributed by atoms with Gasteiger partial charge in [0.25, 0.3) is 0 Å². The Morgan fingerprint density at radius 2 is 1.93 bits per heavy atom. The average molecular weight is 381 g/mol. The molecule has 4 nitrogen and oxygen atoms in total. The Hall–Kier alpha value is -2.27. The predicted octanol–water partition coefficient (Wildman–Crippen LogP) is 4.69. The highest BCUT2D eigenvalue weighted by molar-refractivity contribution is 8.00. The maximum Gasteiger partial charge on any atom is 0.238 e. The molecule has 2 aromatic rings. The molecule has 2 amide bonds. The molecule has 1 aliphatic carbocycles. The fraction of sp³-hybridized carbons (Fsp3) is 0.364. The van der Waals surface area contributed by atoms with Crippen LogP contribution < -0.4 is 10.2 Å². The Morgan fingerprint density at radius 3 is 2.70 bits per heavy atom. The topological polar surface area (TPSA) is 49.4 Å². The second-order valence-electron chi connectivity index (χ2n) is 7.15. The molecule has 2 aromatic carbocycles. The molecule has 1 N–H and O–H groups in total. The summed E-state index contributed by atoms with van der Waals surface area (Å²) in [6.07, 6.45) is 4.82. The number of benzene rings is 2. The number of hydrogen-bond donors (Lipinski definition) is 1. The lowest BCUT2D eigenvalue weighted by Gasteiger charge is -2.25. The van der Waals surface area contributed by atoms with Gasteiger partial charge in [-0.1, -0.05) is 25.1 Å². The Balaban J connectivity index is 1.55. The highest BCUT2D eigenvalue weighted by Gasteiger charge is 2.34. The van der Waals surface area contributed by atoms with Crippen LogP contribution in [0.4, 0.5) is 11.4 Å². The van der Waals surface area contributed by atoms with Crippen molar-refractivity contribution >= 4 is 35.0 Å². The van der Waals surface area contributed by atoms with Crippen molar-refractivity contribution in [3.05, 3.63) is 59.2 Å². The van der Waals surface area contributed by atoms with Crippen molar-refractivity contribution < 1.29 is 9.59 Å². The van der Waals surface area contributed by atoms with Crippen LogP contribution >= 0.6 is 11.8 Å². The van der Waals surface area contributed by atoms with Crippen LogP contribution in [0.2, 0.25) is 0 Å². The maximum atomic E-state index is 12.6. The molecule has 1 fully saturated rings. The lowest BCUT2D eigenvalue weighted by Crippen LogP contribution is -2.27. The Labute approximate surface area is 164 Å². The summed E-state index contributed by atoms with van der Waals surface area (Å²) in [6, 6.07) is 14.3. The van der Waals surface area contributed by atoms with Gasteiger partial charge in [-0.15, -0.1) is 11.8 Å². The molecule has 1 atom stereocenters. The first-order valence-electron chi connectivity index (χ1n) is 9.61. The minimum absolute atomic E-state index is 0.0163. The zero-order valence-corrected chi connectivity index (χ0v) is 16.3. The van der Waals surface area contributed by atoms with Gasteiger partial charge >= 0.3 is 0 Å². The standard InChI is InChI=1S/C22H24N2O2S/c1-2-4-20(25)23-18-10-7-16(8-11-18)22-24(21(26)14-27-22)19-12-9-15-5-3-6-17(15)13-19/h7-13,22H,2-6,14H2,1H3,(H,23,25). The van der Waals surface area contributed by atoms with Crippen LogP contribution in [0.3, 0.4) is 0 Å². The quantitative estimate of drug-likeness (QED) is 0.818. The van der Waals surface area contributed by atoms with Crippen LogP contribution in [0.1, 0.15) is 48.3 Å². The van der Waals surface area contributed by atoms with Gasteiger partial charge in [0.05, 0.1) is 5.75 Å². The van der Waals surface area contributed by atoms with Crippen LogP contribution in [0.5, 0.6) is 0 Å². The SMILES string of the molecule is CCCC(=O)Nc1ccc(C2SCC(=O)N2c2ccc3c(c2)CCC3)cc1. The number of nitrogens with one attached hydrogen (secondary N) is 1. The summed E-state index contributed by atoms with van der Waals surface area (Å²) in [4.78, 5) is 26.3. The zero-order chi connectivity index (χ0) is 18.8. The molecule has 0 spiro atoms. The van der Waals surface area contributed by atoms with Gasteiger partial charge < -0.3 is 5.32 Å². The summed E-state index contributed by atoms with van der Waals surface area (Å²) in [5.41, 5.74) is 5.68. The van der Waals surface area contributed by atoms with Gasteiger partial charge in [0.1, 0.15) is 5.37 Å². The van der Waals surface area contributed by atoms with Crippen LogP contribution in [0.15, 0.2) is 42.5 Å². The molecule has 1 unspecified atom stereocenters. The van der Waals surface area contributed by atoms with Crippen molar-refractivity contribution in [2.45, 2.75) is 44.4 Å². The summed E-state index contributed by atoms with van der Waals surface area (Å²) >= 11 is 1.66. The number of thioether (sulfide) groups is 1. The third kappa shape index (κ3) is 3.74. The second kappa shape index (κ2) is 7.77. The number of aryl methyl sites for hydroxylation is 2. The monoisotopic (exact) mass is 380 g/mol. The number of hydrogen-bond acceptors (Lipinski definition) is 3. The average Bonchev–Trinajstić information content (AvgIpc) is 3.28. The Morgan fingerprint density at radius 1 is 1.15 bits per heavy atom. The van der Waals surface area contributed by atoms with E-state index in [1.165, 1.54) is 17.5 Å². The molecule has 0 bridgehead atoms. The first-order chi connectivity index (χ1) is 13.2. The predicted molar refractivity (Wildman–Crippen MR) is 111 cm³/mol. The van der Waals surface area contributed by atoms with Gasteiger partial charge in [-0.2, -0.15) is 0 Å². The van der Waals surface area contributed by atoms with E-state index in [1.54, 1.807) is 11.8 Å². The molecule has 1 heterocycles. The van der Waals surface area contributed by atoms with Crippen molar-refractivity contribution in [2.24, 2.45) is 0 Å². The normalized spacial score (nSPS) is 18.6. The first-order valence-corrected chi connectivity index (χ1v) is 10.7. The van der Waals surface area contributed by atoms with Crippen LogP contribution in [-0.4, -0.2) is 17.6 Å². The van der Waals surface area contributed by atoms with Crippen LogP contribution in [-0.2, 0) is 22.4 Å². The lowest BCUT2D eigenvalue weighted by atomic mass is 10.1. The zero-order valence-electron chi connectivity index (χ0n) is 15.5. The molecule has 4 rings (SSSR count). The van der Waals surface area contributed by atoms with E-state index in [9.17, 15) is 9.59 Å². The number of rotatable bonds is 5. The number of carbonyl (C=O) groups is 2. The number of nitrogens with zero attached hydrogens (tertiary/aromatic N) is 1. The van der Waals surface area contributed by atoms with E-state index >= 15 is 0 Å². The summed E-state index contributed by atoms with van der Waals surface area (Å²) < 4.78 is 0. The van der Waals surface area contributed by atoms with E-state index < -0.39 is 0 Å². The lowest BCUT2D eigenvalue weighted by molar-refractivity contribution is -0.116. The molecule has 1 aliphatic heterocycles. The van der Waals surface area contributed by atoms with Crippen molar-refractivity contribution in [1.82, 2.24) is 0 Å². The van der Waals surface area contributed by atoms with E-state index in [4.69, 9.17) is 0 Å². The number of amides is 2. The van der Waals surface area contributed by atoms with Crippen LogP contribution in [0.25, 0.3) is 0 Å². The van der Waals surface area contributed by atoms with E-state index in [0.29, 0.717) is 12.2 Å². The summed E-state index contributed by atoms with van der Waals surface area (Å²) in [7, 11) is 0. The van der Waals surface area contributed by atoms with E-state index in [1.807, 2.05) is 36.1 Å². The van der Waals surface area contributed by atoms with Gasteiger partial charge in [0.15, 0.2) is 0 Å². The number of carbonyl (C=O) groups excluding carboxylic acids is 2. The molecule has 2 aliphatic rings. The summed E-state index contributed by atoms with van der Waals surface area (Å²) in [6.45, 7) is 1.99. The molecule has 27 heavy (non-hydrogen) atoms. The van der Waals surface area contributed by atoms with Crippen LogP contribution in [0, 0.1) is 0 Å². The van der Waals surface area contributed by atoms with Crippen molar-refractivity contribution in [3.8, 4) is 0 Å². The molecule has 0 aromatic heterocycles.